The van der Waals surface area contributed by atoms with Crippen LogP contribution in [-0.4, -0.2) is 10.9 Å². The first-order valence-electron chi connectivity index (χ1n) is 7.20. The second-order valence-electron chi connectivity index (χ2n) is 6.34. The van der Waals surface area contributed by atoms with Crippen LogP contribution in [0.25, 0.3) is 10.8 Å². The summed E-state index contributed by atoms with van der Waals surface area (Å²) in [4.78, 5) is 0. The molecule has 21 heavy (non-hydrogen) atoms. The monoisotopic (exact) mass is 287 g/mol. The molecule has 3 rings (SSSR count). The maximum absolute atomic E-state index is 10.2. The van der Waals surface area contributed by atoms with Crippen LogP contribution in [0.5, 0.6) is 11.5 Å². The van der Waals surface area contributed by atoms with E-state index in [1.54, 1.807) is 13.8 Å². The Bertz CT molecular complexity index is 718. The Morgan fingerprint density at radius 2 is 1.62 bits per heavy atom. The summed E-state index contributed by atoms with van der Waals surface area (Å²) in [5, 5.41) is 12.2. The fourth-order valence-electron chi connectivity index (χ4n) is 2.65. The van der Waals surface area contributed by atoms with Gasteiger partial charge in [0.1, 0.15) is 0 Å². The second kappa shape index (κ2) is 4.28. The Morgan fingerprint density at radius 1 is 1.10 bits per heavy atom. The number of fused-ring (bicyclic) bond motifs is 2. The van der Waals surface area contributed by atoms with E-state index < -0.39 is 11.4 Å². The quantitative estimate of drug-likeness (QED) is 0.829. The van der Waals surface area contributed by atoms with E-state index in [1.165, 1.54) is 0 Å². The Kier molecular flexibility index (Phi) is 2.85. The second-order valence-corrected chi connectivity index (χ2v) is 6.34. The van der Waals surface area contributed by atoms with Crippen molar-refractivity contribution in [1.29, 1.82) is 0 Å². The molecule has 1 heterocycles. The summed E-state index contributed by atoms with van der Waals surface area (Å²) in [6.07, 6.45) is 0.759. The fraction of sp³-hybridized carbons (Fsp3) is 0.412. The minimum absolute atomic E-state index is 0.576. The number of ether oxygens (including phenoxy) is 2. The summed E-state index contributed by atoms with van der Waals surface area (Å²) in [6, 6.07) is 7.67. The van der Waals surface area contributed by atoms with Gasteiger partial charge >= 0.3 is 0 Å². The van der Waals surface area contributed by atoms with Crippen LogP contribution in [0.15, 0.2) is 24.3 Å². The summed E-state index contributed by atoms with van der Waals surface area (Å²) in [7, 11) is 0. The Morgan fingerprint density at radius 3 is 2.10 bits per heavy atom. The molecule has 0 aromatic heterocycles. The van der Waals surface area contributed by atoms with Gasteiger partial charge in [-0.1, -0.05) is 6.92 Å². The predicted molar refractivity (Wildman–Crippen MR) is 83.6 cm³/mol. The van der Waals surface area contributed by atoms with Crippen molar-refractivity contribution in [2.24, 2.45) is 0 Å². The number of aliphatic hydroxyl groups is 1. The number of rotatable bonds is 2. The average Bonchev–Trinajstić information content (AvgIpc) is 2.70. The normalized spacial score (nSPS) is 21.0. The van der Waals surface area contributed by atoms with Crippen LogP contribution in [0, 0.1) is 0 Å². The summed E-state index contributed by atoms with van der Waals surface area (Å²) >= 11 is 0. The molecule has 112 valence electrons. The van der Waals surface area contributed by atoms with Crippen LogP contribution in [0.2, 0.25) is 0 Å². The van der Waals surface area contributed by atoms with Gasteiger partial charge in [0, 0.05) is 24.6 Å². The van der Waals surface area contributed by atoms with Gasteiger partial charge < -0.3 is 20.3 Å². The van der Waals surface area contributed by atoms with Crippen molar-refractivity contribution in [3.8, 4) is 11.5 Å². The maximum Gasteiger partial charge on any atom is 0.248 e. The van der Waals surface area contributed by atoms with E-state index >= 15 is 0 Å². The van der Waals surface area contributed by atoms with E-state index in [1.807, 2.05) is 38.1 Å². The first-order chi connectivity index (χ1) is 9.72. The molecular weight excluding hydrogens is 266 g/mol. The molecule has 2 aromatic rings. The van der Waals surface area contributed by atoms with Gasteiger partial charge in [-0.15, -0.1) is 0 Å². The van der Waals surface area contributed by atoms with Crippen molar-refractivity contribution in [2.45, 2.75) is 45.5 Å². The van der Waals surface area contributed by atoms with E-state index in [0.29, 0.717) is 11.3 Å². The lowest BCUT2D eigenvalue weighted by Gasteiger charge is -2.20. The highest BCUT2D eigenvalue weighted by Gasteiger charge is 2.35. The first kappa shape index (κ1) is 14.0. The molecule has 4 heteroatoms. The SMILES string of the molecule is CC[C@]1(C)Oc2cc3cc(N)c(C(C)(C)O)cc3cc2O1. The molecule has 4 nitrogen and oxygen atoms in total. The number of hydrogen-bond acceptors (Lipinski definition) is 4. The molecule has 1 atom stereocenters. The molecule has 0 fully saturated rings. The fourth-order valence-corrected chi connectivity index (χ4v) is 2.65. The predicted octanol–water partition coefficient (Wildman–Crippen LogP) is 3.55. The molecule has 3 N–H and O–H groups in total. The molecule has 0 radical (unpaired) electrons. The topological polar surface area (TPSA) is 64.7 Å². The van der Waals surface area contributed by atoms with E-state index in [0.717, 1.165) is 28.7 Å². The van der Waals surface area contributed by atoms with Crippen LogP contribution in [0.1, 0.15) is 39.7 Å². The standard InChI is InChI=1S/C17H21NO3/c1-5-17(4)20-14-8-10-6-12(16(2,3)19)13(18)7-11(10)9-15(14)21-17/h6-9,19H,5,18H2,1-4H3/t17-/m0/s1. The van der Waals surface area contributed by atoms with Crippen molar-refractivity contribution in [3.05, 3.63) is 29.8 Å². The zero-order valence-electron chi connectivity index (χ0n) is 12.9. The van der Waals surface area contributed by atoms with Crippen LogP contribution < -0.4 is 15.2 Å². The molecule has 0 saturated heterocycles. The summed E-state index contributed by atoms with van der Waals surface area (Å²) in [5.41, 5.74) is 6.38. The van der Waals surface area contributed by atoms with Crippen LogP contribution in [0.3, 0.4) is 0 Å². The molecule has 1 aliphatic rings. The molecule has 0 saturated carbocycles. The number of benzene rings is 2. The third kappa shape index (κ3) is 2.29. The van der Waals surface area contributed by atoms with Gasteiger partial charge in [0.15, 0.2) is 11.5 Å². The average molecular weight is 287 g/mol. The smallest absolute Gasteiger partial charge is 0.248 e. The van der Waals surface area contributed by atoms with E-state index in [-0.39, 0.29) is 0 Å². The van der Waals surface area contributed by atoms with Crippen LogP contribution >= 0.6 is 0 Å². The van der Waals surface area contributed by atoms with Crippen molar-refractivity contribution < 1.29 is 14.6 Å². The highest BCUT2D eigenvalue weighted by atomic mass is 16.7. The van der Waals surface area contributed by atoms with Crippen molar-refractivity contribution in [1.82, 2.24) is 0 Å². The number of hydrogen-bond donors (Lipinski definition) is 2. The Balaban J connectivity index is 2.16. The first-order valence-corrected chi connectivity index (χ1v) is 7.20. The number of anilines is 1. The minimum atomic E-state index is -0.980. The Hall–Kier alpha value is -1.94. The summed E-state index contributed by atoms with van der Waals surface area (Å²) < 4.78 is 11.8. The lowest BCUT2D eigenvalue weighted by molar-refractivity contribution is -0.0639. The Labute approximate surface area is 124 Å². The van der Waals surface area contributed by atoms with Gasteiger partial charge in [0.05, 0.1) is 5.60 Å². The number of nitrogens with two attached hydrogens (primary N) is 1. The third-order valence-electron chi connectivity index (χ3n) is 4.02. The van der Waals surface area contributed by atoms with Crippen molar-refractivity contribution in [3.63, 3.8) is 0 Å². The van der Waals surface area contributed by atoms with Crippen LogP contribution in [-0.2, 0) is 5.60 Å². The van der Waals surface area contributed by atoms with Gasteiger partial charge in [0.2, 0.25) is 5.79 Å². The molecule has 0 unspecified atom stereocenters. The molecule has 0 spiro atoms. The minimum Gasteiger partial charge on any atom is -0.449 e. The molecule has 0 aliphatic carbocycles. The summed E-state index contributed by atoms with van der Waals surface area (Å²) in [5.74, 6) is 0.866. The zero-order valence-corrected chi connectivity index (χ0v) is 12.9. The van der Waals surface area contributed by atoms with Crippen molar-refractivity contribution >= 4 is 16.5 Å². The van der Waals surface area contributed by atoms with Crippen molar-refractivity contribution in [2.75, 3.05) is 5.73 Å². The molecule has 0 bridgehead atoms. The number of nitrogen functional groups attached to an aromatic ring is 1. The van der Waals surface area contributed by atoms with Gasteiger partial charge in [-0.25, -0.2) is 0 Å². The highest BCUT2D eigenvalue weighted by Crippen LogP contribution is 2.44. The zero-order chi connectivity index (χ0) is 15.4. The van der Waals surface area contributed by atoms with E-state index in [4.69, 9.17) is 15.2 Å². The third-order valence-corrected chi connectivity index (χ3v) is 4.02. The molecular formula is C17H21NO3. The van der Waals surface area contributed by atoms with Gasteiger partial charge in [-0.3, -0.25) is 0 Å². The lowest BCUT2D eigenvalue weighted by atomic mass is 9.93. The van der Waals surface area contributed by atoms with Gasteiger partial charge in [-0.05, 0) is 48.9 Å². The molecule has 1 aliphatic heterocycles. The summed E-state index contributed by atoms with van der Waals surface area (Å²) in [6.45, 7) is 7.40. The maximum atomic E-state index is 10.2. The van der Waals surface area contributed by atoms with Gasteiger partial charge in [0.25, 0.3) is 0 Å². The van der Waals surface area contributed by atoms with Gasteiger partial charge in [-0.2, -0.15) is 0 Å². The molecule has 2 aromatic carbocycles. The largest absolute Gasteiger partial charge is 0.449 e. The lowest BCUT2D eigenvalue weighted by Crippen LogP contribution is -2.33. The van der Waals surface area contributed by atoms with Crippen LogP contribution in [0.4, 0.5) is 5.69 Å². The molecule has 0 amide bonds. The van der Waals surface area contributed by atoms with E-state index in [9.17, 15) is 5.11 Å². The van der Waals surface area contributed by atoms with E-state index in [2.05, 4.69) is 0 Å². The highest BCUT2D eigenvalue weighted by molar-refractivity contribution is 5.90.